The molecule has 0 spiro atoms. The van der Waals surface area contributed by atoms with Gasteiger partial charge in [0, 0.05) is 13.1 Å². The van der Waals surface area contributed by atoms with E-state index >= 15 is 0 Å². The fraction of sp³-hybridized carbons (Fsp3) is 0.429. The summed E-state index contributed by atoms with van der Waals surface area (Å²) in [5.74, 6) is -2.69. The second-order valence-electron chi connectivity index (χ2n) is 7.21. The molecule has 0 saturated carbocycles. The molecule has 1 aliphatic heterocycles. The van der Waals surface area contributed by atoms with Crippen LogP contribution in [-0.2, 0) is 30.5 Å². The van der Waals surface area contributed by atoms with Crippen LogP contribution in [0.2, 0.25) is 0 Å². The summed E-state index contributed by atoms with van der Waals surface area (Å²) in [5.41, 5.74) is 0.709. The van der Waals surface area contributed by atoms with Gasteiger partial charge in [-0.3, -0.25) is 24.1 Å². The highest BCUT2D eigenvalue weighted by atomic mass is 19.1. The van der Waals surface area contributed by atoms with Crippen molar-refractivity contribution in [2.45, 2.75) is 38.8 Å². The summed E-state index contributed by atoms with van der Waals surface area (Å²) in [6.45, 7) is 1.56. The molecular weight excluding hydrogens is 379 g/mol. The number of nitrogens with one attached hydrogen (secondary N) is 1. The Balaban J connectivity index is 1.43. The van der Waals surface area contributed by atoms with E-state index in [9.17, 15) is 23.6 Å². The van der Waals surface area contributed by atoms with Crippen molar-refractivity contribution in [2.24, 2.45) is 11.8 Å². The molecule has 7 nitrogen and oxygen atoms in total. The molecule has 0 bridgehead atoms. The minimum absolute atomic E-state index is 0.0482. The minimum atomic E-state index is -1.03. The molecule has 0 unspecified atom stereocenters. The number of carbonyl (C=O) groups excluding carboxylic acids is 4. The van der Waals surface area contributed by atoms with Crippen molar-refractivity contribution in [2.75, 3.05) is 6.54 Å². The predicted molar refractivity (Wildman–Crippen MR) is 100 cm³/mol. The molecule has 154 valence electrons. The van der Waals surface area contributed by atoms with Crippen LogP contribution >= 0.6 is 0 Å². The lowest BCUT2D eigenvalue weighted by Gasteiger charge is -2.16. The first-order valence-corrected chi connectivity index (χ1v) is 9.58. The number of nitrogens with zero attached hydrogens (tertiary/aromatic N) is 1. The number of benzene rings is 1. The average molecular weight is 402 g/mol. The maximum absolute atomic E-state index is 12.9. The van der Waals surface area contributed by atoms with Crippen molar-refractivity contribution >= 4 is 23.7 Å². The number of rotatable bonds is 7. The number of hydrogen-bond acceptors (Lipinski definition) is 5. The number of carbonyl (C=O) groups is 4. The lowest BCUT2D eigenvalue weighted by molar-refractivity contribution is -0.155. The Kier molecular flexibility index (Phi) is 6.41. The van der Waals surface area contributed by atoms with Gasteiger partial charge in [-0.15, -0.1) is 0 Å². The van der Waals surface area contributed by atoms with Gasteiger partial charge in [0.15, 0.2) is 6.10 Å². The molecule has 1 aromatic rings. The number of imide groups is 1. The van der Waals surface area contributed by atoms with E-state index in [0.29, 0.717) is 18.4 Å². The van der Waals surface area contributed by atoms with Crippen LogP contribution in [0, 0.1) is 17.7 Å². The average Bonchev–Trinajstić information content (AvgIpc) is 2.96. The van der Waals surface area contributed by atoms with Crippen molar-refractivity contribution in [3.05, 3.63) is 47.8 Å². The van der Waals surface area contributed by atoms with E-state index in [1.165, 1.54) is 19.1 Å². The lowest BCUT2D eigenvalue weighted by atomic mass is 9.85. The zero-order valence-corrected chi connectivity index (χ0v) is 16.1. The van der Waals surface area contributed by atoms with Crippen molar-refractivity contribution < 1.29 is 28.3 Å². The maximum atomic E-state index is 12.9. The molecule has 2 aliphatic rings. The third kappa shape index (κ3) is 4.88. The topological polar surface area (TPSA) is 92.8 Å². The Bertz CT molecular complexity index is 810. The summed E-state index contributed by atoms with van der Waals surface area (Å²) in [4.78, 5) is 50.0. The Morgan fingerprint density at radius 1 is 1.14 bits per heavy atom. The fourth-order valence-corrected chi connectivity index (χ4v) is 3.54. The molecule has 29 heavy (non-hydrogen) atoms. The monoisotopic (exact) mass is 402 g/mol. The van der Waals surface area contributed by atoms with Gasteiger partial charge in [-0.1, -0.05) is 24.3 Å². The number of hydrogen-bond donors (Lipinski definition) is 1. The molecule has 3 amide bonds. The number of halogens is 1. The summed E-state index contributed by atoms with van der Waals surface area (Å²) < 4.78 is 18.0. The van der Waals surface area contributed by atoms with Crippen molar-refractivity contribution in [3.63, 3.8) is 0 Å². The van der Waals surface area contributed by atoms with E-state index in [-0.39, 0.29) is 49.0 Å². The molecule has 1 aromatic carbocycles. The summed E-state index contributed by atoms with van der Waals surface area (Å²) in [6, 6.07) is 5.67. The van der Waals surface area contributed by atoms with Crippen LogP contribution in [0.15, 0.2) is 36.4 Å². The van der Waals surface area contributed by atoms with Crippen molar-refractivity contribution in [1.82, 2.24) is 10.2 Å². The van der Waals surface area contributed by atoms with E-state index < -0.39 is 18.0 Å². The zero-order valence-electron chi connectivity index (χ0n) is 16.1. The normalized spacial score (nSPS) is 21.7. The van der Waals surface area contributed by atoms with Gasteiger partial charge in [-0.2, -0.15) is 0 Å². The number of allylic oxidation sites excluding steroid dienone is 2. The highest BCUT2D eigenvalue weighted by Gasteiger charge is 2.47. The summed E-state index contributed by atoms with van der Waals surface area (Å²) in [6.07, 6.45) is 3.69. The van der Waals surface area contributed by atoms with Crippen LogP contribution in [0.5, 0.6) is 0 Å². The second kappa shape index (κ2) is 8.98. The predicted octanol–water partition coefficient (Wildman–Crippen LogP) is 1.71. The first kappa shape index (κ1) is 20.7. The van der Waals surface area contributed by atoms with Crippen LogP contribution < -0.4 is 5.32 Å². The molecule has 0 radical (unpaired) electrons. The van der Waals surface area contributed by atoms with Crippen LogP contribution in [0.1, 0.15) is 31.7 Å². The van der Waals surface area contributed by atoms with Crippen molar-refractivity contribution in [3.8, 4) is 0 Å². The molecule has 8 heteroatoms. The van der Waals surface area contributed by atoms with Gasteiger partial charge in [-0.25, -0.2) is 4.39 Å². The standard InChI is InChI=1S/C21H23FN2O5/c1-13(19(26)23-12-14-6-8-15(22)9-7-14)29-18(25)10-11-24-20(27)16-4-2-3-5-17(16)21(24)28/h2-3,6-9,13,16-17H,4-5,10-12H2,1H3,(H,23,26)/t13-,16+,17+/m1/s1. The first-order chi connectivity index (χ1) is 13.9. The number of likely N-dealkylation sites (tertiary alicyclic amines) is 1. The molecule has 1 fully saturated rings. The zero-order chi connectivity index (χ0) is 21.0. The van der Waals surface area contributed by atoms with Gasteiger partial charge in [0.25, 0.3) is 5.91 Å². The molecular formula is C21H23FN2O5. The van der Waals surface area contributed by atoms with E-state index in [1.807, 2.05) is 12.2 Å². The number of ether oxygens (including phenoxy) is 1. The molecule has 1 heterocycles. The summed E-state index contributed by atoms with van der Waals surface area (Å²) in [5, 5.41) is 2.60. The van der Waals surface area contributed by atoms with Gasteiger partial charge in [-0.05, 0) is 37.5 Å². The summed E-state index contributed by atoms with van der Waals surface area (Å²) in [7, 11) is 0. The number of amides is 3. The maximum Gasteiger partial charge on any atom is 0.308 e. The van der Waals surface area contributed by atoms with Crippen LogP contribution in [0.25, 0.3) is 0 Å². The molecule has 0 aromatic heterocycles. The van der Waals surface area contributed by atoms with Crippen LogP contribution in [0.4, 0.5) is 4.39 Å². The van der Waals surface area contributed by atoms with Gasteiger partial charge < -0.3 is 10.1 Å². The third-order valence-electron chi connectivity index (χ3n) is 5.20. The molecule has 3 atom stereocenters. The molecule has 1 saturated heterocycles. The SMILES string of the molecule is C[C@@H](OC(=O)CCN1C(=O)[C@H]2CC=CC[C@@H]2C1=O)C(=O)NCc1ccc(F)cc1. The van der Waals surface area contributed by atoms with Gasteiger partial charge >= 0.3 is 5.97 Å². The fourth-order valence-electron chi connectivity index (χ4n) is 3.54. The van der Waals surface area contributed by atoms with Gasteiger partial charge in [0.1, 0.15) is 5.82 Å². The highest BCUT2D eigenvalue weighted by molar-refractivity contribution is 6.05. The van der Waals surface area contributed by atoms with E-state index in [2.05, 4.69) is 5.32 Å². The van der Waals surface area contributed by atoms with Crippen molar-refractivity contribution in [1.29, 1.82) is 0 Å². The van der Waals surface area contributed by atoms with Gasteiger partial charge in [0.05, 0.1) is 18.3 Å². The Labute approximate surface area is 167 Å². The van der Waals surface area contributed by atoms with E-state index in [1.54, 1.807) is 12.1 Å². The largest absolute Gasteiger partial charge is 0.452 e. The Hall–Kier alpha value is -3.03. The molecule has 1 N–H and O–H groups in total. The second-order valence-corrected chi connectivity index (χ2v) is 7.21. The number of fused-ring (bicyclic) bond motifs is 1. The first-order valence-electron chi connectivity index (χ1n) is 9.58. The minimum Gasteiger partial charge on any atom is -0.452 e. The van der Waals surface area contributed by atoms with E-state index in [0.717, 1.165) is 4.90 Å². The van der Waals surface area contributed by atoms with E-state index in [4.69, 9.17) is 4.74 Å². The highest BCUT2D eigenvalue weighted by Crippen LogP contribution is 2.35. The lowest BCUT2D eigenvalue weighted by Crippen LogP contribution is -2.37. The quantitative estimate of drug-likeness (QED) is 0.426. The van der Waals surface area contributed by atoms with Crippen LogP contribution in [-0.4, -0.2) is 41.2 Å². The Morgan fingerprint density at radius 2 is 1.72 bits per heavy atom. The number of esters is 1. The smallest absolute Gasteiger partial charge is 0.308 e. The molecule has 1 aliphatic carbocycles. The summed E-state index contributed by atoms with van der Waals surface area (Å²) >= 11 is 0. The van der Waals surface area contributed by atoms with Crippen LogP contribution in [0.3, 0.4) is 0 Å². The Morgan fingerprint density at radius 3 is 2.31 bits per heavy atom. The molecule has 3 rings (SSSR count). The van der Waals surface area contributed by atoms with Gasteiger partial charge in [0.2, 0.25) is 11.8 Å². The third-order valence-corrected chi connectivity index (χ3v) is 5.20.